The van der Waals surface area contributed by atoms with Crippen molar-refractivity contribution in [2.75, 3.05) is 32.8 Å². The topological polar surface area (TPSA) is 42.7 Å². The summed E-state index contributed by atoms with van der Waals surface area (Å²) >= 11 is 0. The number of Topliss-reactive ketones (excluding diaryl/α,β-unsaturated/α-hetero) is 1. The van der Waals surface area contributed by atoms with E-state index in [9.17, 15) is 4.79 Å². The van der Waals surface area contributed by atoms with Gasteiger partial charge < -0.3 is 9.15 Å². The smallest absolute Gasteiger partial charge is 0.180 e. The molecule has 0 unspecified atom stereocenters. The van der Waals surface area contributed by atoms with Crippen LogP contribution in [0.4, 0.5) is 0 Å². The minimum absolute atomic E-state index is 0.0910. The average molecular weight is 275 g/mol. The SMILES string of the molecule is CCOCCN(CC)CC(=O)c1coc2ccccc12. The van der Waals surface area contributed by atoms with E-state index in [4.69, 9.17) is 9.15 Å². The molecule has 0 atom stereocenters. The van der Waals surface area contributed by atoms with Crippen LogP contribution in [0.1, 0.15) is 24.2 Å². The highest BCUT2D eigenvalue weighted by atomic mass is 16.5. The number of para-hydroxylation sites is 1. The Morgan fingerprint density at radius 1 is 1.30 bits per heavy atom. The molecule has 1 aromatic heterocycles. The van der Waals surface area contributed by atoms with Gasteiger partial charge in [-0.3, -0.25) is 9.69 Å². The summed E-state index contributed by atoms with van der Waals surface area (Å²) in [5, 5.41) is 0.887. The molecule has 108 valence electrons. The molecule has 0 saturated heterocycles. The summed E-state index contributed by atoms with van der Waals surface area (Å²) in [5.74, 6) is 0.0910. The maximum Gasteiger partial charge on any atom is 0.180 e. The number of carbonyl (C=O) groups is 1. The highest BCUT2D eigenvalue weighted by molar-refractivity contribution is 6.08. The second-order valence-corrected chi connectivity index (χ2v) is 4.63. The Morgan fingerprint density at radius 2 is 2.10 bits per heavy atom. The highest BCUT2D eigenvalue weighted by Gasteiger charge is 2.16. The van der Waals surface area contributed by atoms with Crippen LogP contribution in [0.2, 0.25) is 0 Å². The van der Waals surface area contributed by atoms with Crippen LogP contribution in [0, 0.1) is 0 Å². The molecule has 0 aliphatic carbocycles. The first-order chi connectivity index (χ1) is 9.76. The monoisotopic (exact) mass is 275 g/mol. The van der Waals surface area contributed by atoms with Gasteiger partial charge in [-0.1, -0.05) is 25.1 Å². The lowest BCUT2D eigenvalue weighted by atomic mass is 10.1. The molecule has 20 heavy (non-hydrogen) atoms. The van der Waals surface area contributed by atoms with Crippen LogP contribution >= 0.6 is 0 Å². The molecular formula is C16H21NO3. The number of fused-ring (bicyclic) bond motifs is 1. The number of ether oxygens (including phenoxy) is 1. The van der Waals surface area contributed by atoms with Crippen LogP contribution in [0.5, 0.6) is 0 Å². The molecule has 0 bridgehead atoms. The minimum atomic E-state index is 0.0910. The normalized spacial score (nSPS) is 11.3. The Labute approximate surface area is 119 Å². The predicted octanol–water partition coefficient (Wildman–Crippen LogP) is 2.97. The van der Waals surface area contributed by atoms with Crippen molar-refractivity contribution in [1.29, 1.82) is 0 Å². The van der Waals surface area contributed by atoms with E-state index in [1.54, 1.807) is 6.26 Å². The van der Waals surface area contributed by atoms with Gasteiger partial charge in [-0.25, -0.2) is 0 Å². The molecule has 4 nitrogen and oxygen atoms in total. The number of hydrogen-bond donors (Lipinski definition) is 0. The highest BCUT2D eigenvalue weighted by Crippen LogP contribution is 2.21. The largest absolute Gasteiger partial charge is 0.464 e. The zero-order valence-electron chi connectivity index (χ0n) is 12.1. The quantitative estimate of drug-likeness (QED) is 0.548. The van der Waals surface area contributed by atoms with E-state index in [-0.39, 0.29) is 5.78 Å². The number of likely N-dealkylation sites (N-methyl/N-ethyl adjacent to an activating group) is 1. The van der Waals surface area contributed by atoms with Crippen molar-refractivity contribution in [2.45, 2.75) is 13.8 Å². The third kappa shape index (κ3) is 3.46. The summed E-state index contributed by atoms with van der Waals surface area (Å²) < 4.78 is 10.8. The van der Waals surface area contributed by atoms with Crippen molar-refractivity contribution in [3.8, 4) is 0 Å². The number of ketones is 1. The maximum absolute atomic E-state index is 12.4. The Morgan fingerprint density at radius 3 is 2.85 bits per heavy atom. The molecule has 0 N–H and O–H groups in total. The summed E-state index contributed by atoms with van der Waals surface area (Å²) in [6.07, 6.45) is 1.56. The third-order valence-corrected chi connectivity index (χ3v) is 3.35. The Balaban J connectivity index is 2.03. The zero-order chi connectivity index (χ0) is 14.4. The number of nitrogens with zero attached hydrogens (tertiary/aromatic N) is 1. The third-order valence-electron chi connectivity index (χ3n) is 3.35. The fourth-order valence-electron chi connectivity index (χ4n) is 2.17. The van der Waals surface area contributed by atoms with E-state index in [0.717, 1.165) is 24.1 Å². The lowest BCUT2D eigenvalue weighted by molar-refractivity contribution is 0.0868. The van der Waals surface area contributed by atoms with Crippen LogP contribution in [0.25, 0.3) is 11.0 Å². The van der Waals surface area contributed by atoms with E-state index in [0.29, 0.717) is 25.3 Å². The van der Waals surface area contributed by atoms with Crippen molar-refractivity contribution in [2.24, 2.45) is 0 Å². The van der Waals surface area contributed by atoms with Gasteiger partial charge >= 0.3 is 0 Å². The minimum Gasteiger partial charge on any atom is -0.464 e. The number of hydrogen-bond acceptors (Lipinski definition) is 4. The molecule has 0 spiro atoms. The lowest BCUT2D eigenvalue weighted by Gasteiger charge is -2.18. The van der Waals surface area contributed by atoms with Gasteiger partial charge in [-0.15, -0.1) is 0 Å². The average Bonchev–Trinajstić information content (AvgIpc) is 2.90. The second-order valence-electron chi connectivity index (χ2n) is 4.63. The van der Waals surface area contributed by atoms with Gasteiger partial charge in [-0.05, 0) is 19.5 Å². The molecule has 0 aliphatic rings. The van der Waals surface area contributed by atoms with Crippen LogP contribution in [0.15, 0.2) is 34.9 Å². The summed E-state index contributed by atoms with van der Waals surface area (Å²) in [6, 6.07) is 7.61. The van der Waals surface area contributed by atoms with Crippen LogP contribution in [-0.2, 0) is 4.74 Å². The van der Waals surface area contributed by atoms with Crippen LogP contribution < -0.4 is 0 Å². The van der Waals surface area contributed by atoms with E-state index in [2.05, 4.69) is 4.90 Å². The van der Waals surface area contributed by atoms with Gasteiger partial charge in [0.15, 0.2) is 5.78 Å². The molecule has 2 rings (SSSR count). The van der Waals surface area contributed by atoms with Gasteiger partial charge in [0.1, 0.15) is 11.8 Å². The molecule has 0 saturated carbocycles. The lowest BCUT2D eigenvalue weighted by Crippen LogP contribution is -2.32. The molecule has 2 aromatic rings. The van der Waals surface area contributed by atoms with Crippen molar-refractivity contribution in [1.82, 2.24) is 4.90 Å². The van der Waals surface area contributed by atoms with Gasteiger partial charge in [0.2, 0.25) is 0 Å². The second kappa shape index (κ2) is 7.22. The van der Waals surface area contributed by atoms with Crippen LogP contribution in [-0.4, -0.2) is 43.5 Å². The Kier molecular flexibility index (Phi) is 5.32. The molecule has 0 amide bonds. The molecule has 1 heterocycles. The Hall–Kier alpha value is -1.65. The fraction of sp³-hybridized carbons (Fsp3) is 0.438. The summed E-state index contributed by atoms with van der Waals surface area (Å²) in [5.41, 5.74) is 1.42. The standard InChI is InChI=1S/C16H21NO3/c1-3-17(9-10-19-4-2)11-15(18)14-12-20-16-8-6-5-7-13(14)16/h5-8,12H,3-4,9-11H2,1-2H3. The molecule has 1 aromatic carbocycles. The van der Waals surface area contributed by atoms with E-state index in [1.165, 1.54) is 0 Å². The first kappa shape index (κ1) is 14.8. The number of rotatable bonds is 8. The van der Waals surface area contributed by atoms with Gasteiger partial charge in [0.05, 0.1) is 18.7 Å². The van der Waals surface area contributed by atoms with E-state index in [1.807, 2.05) is 38.1 Å². The molecule has 0 fully saturated rings. The van der Waals surface area contributed by atoms with Crippen molar-refractivity contribution >= 4 is 16.8 Å². The molecule has 0 radical (unpaired) electrons. The fourth-order valence-corrected chi connectivity index (χ4v) is 2.17. The first-order valence-electron chi connectivity index (χ1n) is 7.05. The summed E-state index contributed by atoms with van der Waals surface area (Å²) in [7, 11) is 0. The number of benzene rings is 1. The predicted molar refractivity (Wildman–Crippen MR) is 79.2 cm³/mol. The summed E-state index contributed by atoms with van der Waals surface area (Å²) in [6.45, 7) is 7.38. The van der Waals surface area contributed by atoms with E-state index >= 15 is 0 Å². The maximum atomic E-state index is 12.4. The van der Waals surface area contributed by atoms with Crippen molar-refractivity contribution in [3.05, 3.63) is 36.1 Å². The van der Waals surface area contributed by atoms with Crippen molar-refractivity contribution < 1.29 is 13.9 Å². The summed E-state index contributed by atoms with van der Waals surface area (Å²) in [4.78, 5) is 14.5. The first-order valence-corrected chi connectivity index (χ1v) is 7.05. The van der Waals surface area contributed by atoms with Gasteiger partial charge in [0.25, 0.3) is 0 Å². The molecular weight excluding hydrogens is 254 g/mol. The zero-order valence-corrected chi connectivity index (χ0v) is 12.1. The van der Waals surface area contributed by atoms with Crippen molar-refractivity contribution in [3.63, 3.8) is 0 Å². The molecule has 0 aliphatic heterocycles. The van der Waals surface area contributed by atoms with Crippen LogP contribution in [0.3, 0.4) is 0 Å². The Bertz CT molecular complexity index is 562. The van der Waals surface area contributed by atoms with Gasteiger partial charge in [0, 0.05) is 18.5 Å². The van der Waals surface area contributed by atoms with Gasteiger partial charge in [-0.2, -0.15) is 0 Å². The number of furan rings is 1. The molecule has 4 heteroatoms. The number of carbonyl (C=O) groups excluding carboxylic acids is 1. The van der Waals surface area contributed by atoms with E-state index < -0.39 is 0 Å².